The van der Waals surface area contributed by atoms with Crippen molar-refractivity contribution < 1.29 is 9.13 Å². The first kappa shape index (κ1) is 21.3. The van der Waals surface area contributed by atoms with Gasteiger partial charge in [0.15, 0.2) is 0 Å². The molecular weight excluding hydrogens is 443 g/mol. The SMILES string of the molecule is CNc1nccc(-c2c(-c3ccc(F)cc3)nc3n2C(Cn2ccc4cc(OC)ccc42)CC3)n1. The Morgan fingerprint density at radius 1 is 1.09 bits per heavy atom. The molecule has 1 N–H and O–H groups in total. The maximum absolute atomic E-state index is 13.7. The number of nitrogens with one attached hydrogen (secondary N) is 1. The number of benzene rings is 2. The van der Waals surface area contributed by atoms with Gasteiger partial charge < -0.3 is 19.2 Å². The fraction of sp³-hybridized carbons (Fsp3) is 0.222. The van der Waals surface area contributed by atoms with E-state index in [1.807, 2.05) is 12.1 Å². The molecule has 4 heterocycles. The maximum atomic E-state index is 13.7. The van der Waals surface area contributed by atoms with E-state index in [4.69, 9.17) is 14.7 Å². The lowest BCUT2D eigenvalue weighted by atomic mass is 10.1. The fourth-order valence-electron chi connectivity index (χ4n) is 5.00. The number of aryl methyl sites for hydroxylation is 1. The minimum absolute atomic E-state index is 0.201. The van der Waals surface area contributed by atoms with Gasteiger partial charge in [0.2, 0.25) is 5.95 Å². The van der Waals surface area contributed by atoms with Crippen molar-refractivity contribution in [3.8, 4) is 28.4 Å². The molecule has 0 saturated carbocycles. The Morgan fingerprint density at radius 2 is 1.94 bits per heavy atom. The van der Waals surface area contributed by atoms with Gasteiger partial charge >= 0.3 is 0 Å². The van der Waals surface area contributed by atoms with Gasteiger partial charge in [-0.05, 0) is 61.0 Å². The van der Waals surface area contributed by atoms with Crippen LogP contribution >= 0.6 is 0 Å². The van der Waals surface area contributed by atoms with Crippen LogP contribution in [-0.2, 0) is 13.0 Å². The summed E-state index contributed by atoms with van der Waals surface area (Å²) in [5, 5.41) is 4.17. The lowest BCUT2D eigenvalue weighted by Gasteiger charge is -2.19. The van der Waals surface area contributed by atoms with Crippen molar-refractivity contribution in [2.45, 2.75) is 25.4 Å². The van der Waals surface area contributed by atoms with E-state index in [9.17, 15) is 4.39 Å². The van der Waals surface area contributed by atoms with Gasteiger partial charge in [0.1, 0.15) is 17.4 Å². The van der Waals surface area contributed by atoms with E-state index in [0.717, 1.165) is 59.0 Å². The summed E-state index contributed by atoms with van der Waals surface area (Å²) in [6.07, 6.45) is 5.73. The molecule has 1 unspecified atom stereocenters. The molecule has 3 aromatic heterocycles. The monoisotopic (exact) mass is 468 g/mol. The molecule has 5 aromatic rings. The van der Waals surface area contributed by atoms with E-state index in [0.29, 0.717) is 5.95 Å². The van der Waals surface area contributed by atoms with Crippen molar-refractivity contribution in [3.05, 3.63) is 78.6 Å². The van der Waals surface area contributed by atoms with Crippen LogP contribution in [0.3, 0.4) is 0 Å². The summed E-state index contributed by atoms with van der Waals surface area (Å²) < 4.78 is 23.7. The third-order valence-electron chi connectivity index (χ3n) is 6.68. The van der Waals surface area contributed by atoms with Crippen LogP contribution in [0.25, 0.3) is 33.5 Å². The molecule has 1 aliphatic heterocycles. The Balaban J connectivity index is 1.46. The summed E-state index contributed by atoms with van der Waals surface area (Å²) >= 11 is 0. The lowest BCUT2D eigenvalue weighted by Crippen LogP contribution is -2.13. The molecule has 2 aromatic carbocycles. The molecule has 176 valence electrons. The van der Waals surface area contributed by atoms with Gasteiger partial charge in [0.05, 0.1) is 30.2 Å². The van der Waals surface area contributed by atoms with E-state index < -0.39 is 0 Å². The summed E-state index contributed by atoms with van der Waals surface area (Å²) in [6.45, 7) is 0.805. The van der Waals surface area contributed by atoms with Gasteiger partial charge in [-0.25, -0.2) is 19.3 Å². The third-order valence-corrected chi connectivity index (χ3v) is 6.68. The molecule has 35 heavy (non-hydrogen) atoms. The molecule has 0 amide bonds. The summed E-state index contributed by atoms with van der Waals surface area (Å²) in [5.74, 6) is 2.15. The Bertz CT molecular complexity index is 1520. The molecule has 1 atom stereocenters. The zero-order valence-corrected chi connectivity index (χ0v) is 19.6. The van der Waals surface area contributed by atoms with Gasteiger partial charge in [-0.1, -0.05) is 0 Å². The second-order valence-electron chi connectivity index (χ2n) is 8.70. The first-order valence-corrected chi connectivity index (χ1v) is 11.7. The number of methoxy groups -OCH3 is 1. The molecule has 0 saturated heterocycles. The van der Waals surface area contributed by atoms with Crippen LogP contribution in [0.2, 0.25) is 0 Å². The molecule has 0 aliphatic carbocycles. The maximum Gasteiger partial charge on any atom is 0.222 e. The highest BCUT2D eigenvalue weighted by atomic mass is 19.1. The minimum Gasteiger partial charge on any atom is -0.497 e. The van der Waals surface area contributed by atoms with Crippen LogP contribution in [0, 0.1) is 5.82 Å². The summed E-state index contributed by atoms with van der Waals surface area (Å²) in [5.41, 5.74) is 4.57. The zero-order valence-electron chi connectivity index (χ0n) is 19.6. The molecule has 0 spiro atoms. The average Bonchev–Trinajstić information content (AvgIpc) is 3.59. The number of ether oxygens (including phenoxy) is 1. The minimum atomic E-state index is -0.268. The van der Waals surface area contributed by atoms with Crippen LogP contribution < -0.4 is 10.1 Å². The number of nitrogens with zero attached hydrogens (tertiary/aromatic N) is 5. The number of fused-ring (bicyclic) bond motifs is 2. The fourth-order valence-corrected chi connectivity index (χ4v) is 5.00. The number of hydrogen-bond acceptors (Lipinski definition) is 5. The highest BCUT2D eigenvalue weighted by molar-refractivity contribution is 5.82. The van der Waals surface area contributed by atoms with Gasteiger partial charge in [-0.2, -0.15) is 0 Å². The second kappa shape index (κ2) is 8.54. The van der Waals surface area contributed by atoms with Crippen molar-refractivity contribution >= 4 is 16.9 Å². The van der Waals surface area contributed by atoms with E-state index in [-0.39, 0.29) is 11.9 Å². The molecular formula is C27H25FN6O. The van der Waals surface area contributed by atoms with E-state index in [2.05, 4.69) is 43.8 Å². The lowest BCUT2D eigenvalue weighted by molar-refractivity contribution is 0.415. The van der Waals surface area contributed by atoms with Crippen LogP contribution in [0.4, 0.5) is 10.3 Å². The van der Waals surface area contributed by atoms with Crippen molar-refractivity contribution in [2.75, 3.05) is 19.5 Å². The Hall–Kier alpha value is -4.20. The van der Waals surface area contributed by atoms with Crippen LogP contribution in [0.5, 0.6) is 5.75 Å². The predicted molar refractivity (Wildman–Crippen MR) is 134 cm³/mol. The van der Waals surface area contributed by atoms with Crippen molar-refractivity contribution in [1.29, 1.82) is 0 Å². The molecule has 7 nitrogen and oxygen atoms in total. The van der Waals surface area contributed by atoms with Crippen molar-refractivity contribution in [2.24, 2.45) is 0 Å². The molecule has 1 aliphatic rings. The van der Waals surface area contributed by atoms with Gasteiger partial charge in [0.25, 0.3) is 0 Å². The normalized spacial score (nSPS) is 14.9. The quantitative estimate of drug-likeness (QED) is 0.364. The largest absolute Gasteiger partial charge is 0.497 e. The number of hydrogen-bond donors (Lipinski definition) is 1. The number of imidazole rings is 1. The number of rotatable bonds is 6. The first-order chi connectivity index (χ1) is 17.1. The highest BCUT2D eigenvalue weighted by Gasteiger charge is 2.31. The smallest absolute Gasteiger partial charge is 0.222 e. The standard InChI is InChI=1S/C27H25FN6O/c1-29-27-30-13-11-22(31-27)26-25(17-3-5-19(28)6-4-17)32-24-10-7-20(34(24)26)16-33-14-12-18-15-21(35-2)8-9-23(18)33/h3-6,8-9,11-15,20H,7,10,16H2,1-2H3,(H,29,30,31). The summed E-state index contributed by atoms with van der Waals surface area (Å²) in [7, 11) is 3.49. The summed E-state index contributed by atoms with van der Waals surface area (Å²) in [4.78, 5) is 14.0. The molecule has 0 bridgehead atoms. The van der Waals surface area contributed by atoms with Gasteiger partial charge in [0, 0.05) is 48.9 Å². The first-order valence-electron chi connectivity index (χ1n) is 11.7. The van der Waals surface area contributed by atoms with Gasteiger partial charge in [-0.15, -0.1) is 0 Å². The second-order valence-corrected chi connectivity index (χ2v) is 8.70. The third kappa shape index (κ3) is 3.71. The van der Waals surface area contributed by atoms with E-state index in [1.165, 1.54) is 17.6 Å². The van der Waals surface area contributed by atoms with E-state index >= 15 is 0 Å². The topological polar surface area (TPSA) is 69.8 Å². The number of anilines is 1. The summed E-state index contributed by atoms with van der Waals surface area (Å²) in [6, 6.07) is 16.9. The Labute approximate surface area is 202 Å². The van der Waals surface area contributed by atoms with Crippen LogP contribution in [0.1, 0.15) is 18.3 Å². The Morgan fingerprint density at radius 3 is 2.74 bits per heavy atom. The molecule has 0 fully saturated rings. The Kier molecular flexibility index (Phi) is 5.21. The van der Waals surface area contributed by atoms with Crippen LogP contribution in [-0.4, -0.2) is 38.2 Å². The molecule has 6 rings (SSSR count). The zero-order chi connectivity index (χ0) is 23.9. The van der Waals surface area contributed by atoms with Gasteiger partial charge in [-0.3, -0.25) is 0 Å². The van der Waals surface area contributed by atoms with E-state index in [1.54, 1.807) is 32.5 Å². The predicted octanol–water partition coefficient (Wildman–Crippen LogP) is 5.34. The number of halogens is 1. The van der Waals surface area contributed by atoms with Crippen molar-refractivity contribution in [3.63, 3.8) is 0 Å². The average molecular weight is 469 g/mol. The van der Waals surface area contributed by atoms with Crippen LogP contribution in [0.15, 0.2) is 67.0 Å². The highest BCUT2D eigenvalue weighted by Crippen LogP contribution is 2.40. The molecule has 8 heteroatoms. The molecule has 0 radical (unpaired) electrons. The number of aromatic nitrogens is 5. The van der Waals surface area contributed by atoms with Crippen molar-refractivity contribution in [1.82, 2.24) is 24.1 Å².